The SMILES string of the molecule is NS(=O)(=O)[S+]1C=CC=Cc2ccccc21. The van der Waals surface area contributed by atoms with E-state index in [0.29, 0.717) is 0 Å². The van der Waals surface area contributed by atoms with Gasteiger partial charge < -0.3 is 0 Å². The molecule has 3 nitrogen and oxygen atoms in total. The Morgan fingerprint density at radius 3 is 2.60 bits per heavy atom. The second kappa shape index (κ2) is 3.84. The largest absolute Gasteiger partial charge is 0.393 e. The van der Waals surface area contributed by atoms with Crippen LogP contribution in [0.2, 0.25) is 0 Å². The van der Waals surface area contributed by atoms with Gasteiger partial charge in [-0.3, -0.25) is 0 Å². The van der Waals surface area contributed by atoms with E-state index in [4.69, 9.17) is 5.14 Å². The summed E-state index contributed by atoms with van der Waals surface area (Å²) < 4.78 is 22.8. The van der Waals surface area contributed by atoms with Crippen LogP contribution in [0, 0.1) is 0 Å². The topological polar surface area (TPSA) is 60.2 Å². The number of allylic oxidation sites excluding steroid dienone is 2. The molecule has 15 heavy (non-hydrogen) atoms. The summed E-state index contributed by atoms with van der Waals surface area (Å²) in [6.45, 7) is 0. The maximum Gasteiger partial charge on any atom is 0.393 e. The second-order valence-electron chi connectivity index (χ2n) is 3.02. The van der Waals surface area contributed by atoms with Crippen molar-refractivity contribution in [2.24, 2.45) is 5.14 Å². The number of nitrogens with two attached hydrogens (primary N) is 1. The average Bonchev–Trinajstić information content (AvgIpc) is 2.38. The number of hydrogen-bond acceptors (Lipinski definition) is 2. The van der Waals surface area contributed by atoms with Gasteiger partial charge in [0.15, 0.2) is 14.8 Å². The van der Waals surface area contributed by atoms with E-state index in [-0.39, 0.29) is 0 Å². The summed E-state index contributed by atoms with van der Waals surface area (Å²) in [6.07, 6.45) is 5.41. The van der Waals surface area contributed by atoms with Crippen molar-refractivity contribution in [2.75, 3.05) is 0 Å². The lowest BCUT2D eigenvalue weighted by Crippen LogP contribution is -2.22. The van der Waals surface area contributed by atoms with Gasteiger partial charge in [-0.05, 0) is 24.3 Å². The maximum atomic E-state index is 11.4. The fourth-order valence-electron chi connectivity index (χ4n) is 1.35. The van der Waals surface area contributed by atoms with Gasteiger partial charge in [0.25, 0.3) is 0 Å². The molecule has 0 radical (unpaired) electrons. The summed E-state index contributed by atoms with van der Waals surface area (Å²) >= 11 is 0. The van der Waals surface area contributed by atoms with Crippen LogP contribution in [0.4, 0.5) is 0 Å². The minimum Gasteiger partial charge on any atom is -0.186 e. The molecule has 78 valence electrons. The van der Waals surface area contributed by atoms with Crippen molar-refractivity contribution in [1.29, 1.82) is 0 Å². The van der Waals surface area contributed by atoms with Crippen LogP contribution in [0.1, 0.15) is 5.56 Å². The normalized spacial score (nSPS) is 19.7. The van der Waals surface area contributed by atoms with E-state index in [0.717, 1.165) is 10.5 Å². The van der Waals surface area contributed by atoms with Crippen LogP contribution in [0.25, 0.3) is 6.08 Å². The first kappa shape index (κ1) is 10.5. The minimum absolute atomic E-state index is 0.755. The van der Waals surface area contributed by atoms with Crippen LogP contribution in [-0.2, 0) is 19.0 Å². The quantitative estimate of drug-likeness (QED) is 0.596. The molecule has 1 unspecified atom stereocenters. The number of hydrogen-bond donors (Lipinski definition) is 1. The predicted molar refractivity (Wildman–Crippen MR) is 63.4 cm³/mol. The van der Waals surface area contributed by atoms with Crippen molar-refractivity contribution in [1.82, 2.24) is 0 Å². The van der Waals surface area contributed by atoms with Gasteiger partial charge >= 0.3 is 9.06 Å². The van der Waals surface area contributed by atoms with Gasteiger partial charge in [-0.25, -0.2) is 0 Å². The van der Waals surface area contributed by atoms with E-state index < -0.39 is 19.0 Å². The Hall–Kier alpha value is -1.04. The van der Waals surface area contributed by atoms with E-state index in [1.165, 1.54) is 0 Å². The summed E-state index contributed by atoms with van der Waals surface area (Å²) in [6, 6.07) is 7.36. The summed E-state index contributed by atoms with van der Waals surface area (Å²) in [7, 11) is -4.61. The Morgan fingerprint density at radius 1 is 1.13 bits per heavy atom. The Morgan fingerprint density at radius 2 is 1.87 bits per heavy atom. The molecule has 0 bridgehead atoms. The molecular formula is C10H10NO2S2+. The van der Waals surface area contributed by atoms with Crippen LogP contribution in [0.15, 0.2) is 46.7 Å². The molecule has 2 rings (SSSR count). The Labute approximate surface area is 91.1 Å². The standard InChI is InChI=1S/C10H10NO2S2/c11-15(12,13)14-8-4-3-6-9-5-1-2-7-10(9)14/h1-8H,(H2,11,12,13)/q+1. The zero-order chi connectivity index (χ0) is 10.9. The van der Waals surface area contributed by atoms with E-state index >= 15 is 0 Å². The molecule has 2 N–H and O–H groups in total. The van der Waals surface area contributed by atoms with Crippen LogP contribution in [0.5, 0.6) is 0 Å². The lowest BCUT2D eigenvalue weighted by Gasteiger charge is -2.01. The molecule has 0 saturated carbocycles. The van der Waals surface area contributed by atoms with Crippen molar-refractivity contribution in [3.05, 3.63) is 47.4 Å². The van der Waals surface area contributed by atoms with Gasteiger partial charge in [-0.15, -0.1) is 0 Å². The lowest BCUT2D eigenvalue weighted by atomic mass is 10.2. The highest BCUT2D eigenvalue weighted by molar-refractivity contribution is 8.69. The minimum atomic E-state index is -3.56. The van der Waals surface area contributed by atoms with Gasteiger partial charge in [0.1, 0.15) is 5.41 Å². The van der Waals surface area contributed by atoms with Crippen LogP contribution in [0.3, 0.4) is 0 Å². The molecule has 0 aromatic heterocycles. The zero-order valence-corrected chi connectivity index (χ0v) is 9.46. The molecule has 1 aliphatic rings. The Kier molecular flexibility index (Phi) is 2.68. The molecule has 0 spiro atoms. The molecule has 1 aliphatic heterocycles. The third-order valence-corrected chi connectivity index (χ3v) is 6.06. The lowest BCUT2D eigenvalue weighted by molar-refractivity contribution is 0.611. The van der Waals surface area contributed by atoms with Crippen molar-refractivity contribution >= 4 is 25.1 Å². The van der Waals surface area contributed by atoms with Crippen molar-refractivity contribution in [2.45, 2.75) is 4.90 Å². The highest BCUT2D eigenvalue weighted by atomic mass is 33.2. The van der Waals surface area contributed by atoms with E-state index in [1.807, 2.05) is 30.4 Å². The number of fused-ring (bicyclic) bond motifs is 1. The maximum absolute atomic E-state index is 11.4. The molecule has 1 heterocycles. The molecule has 1 atom stereocenters. The number of benzene rings is 1. The molecule has 5 heteroatoms. The first-order valence-corrected chi connectivity index (χ1v) is 7.64. The Bertz CT molecular complexity index is 532. The van der Waals surface area contributed by atoms with E-state index in [9.17, 15) is 8.42 Å². The van der Waals surface area contributed by atoms with Crippen LogP contribution < -0.4 is 5.14 Å². The second-order valence-corrected chi connectivity index (χ2v) is 7.78. The first-order chi connectivity index (χ1) is 7.09. The van der Waals surface area contributed by atoms with E-state index in [1.54, 1.807) is 17.6 Å². The summed E-state index contributed by atoms with van der Waals surface area (Å²) in [5.74, 6) is 0. The Balaban J connectivity index is 2.64. The monoisotopic (exact) mass is 240 g/mol. The fraction of sp³-hybridized carbons (Fsp3) is 0. The van der Waals surface area contributed by atoms with Crippen molar-refractivity contribution < 1.29 is 8.42 Å². The molecule has 1 aromatic carbocycles. The summed E-state index contributed by atoms with van der Waals surface area (Å²) in [5.41, 5.74) is 0.903. The van der Waals surface area contributed by atoms with Gasteiger partial charge in [0.05, 0.1) is 0 Å². The van der Waals surface area contributed by atoms with Gasteiger partial charge in [-0.2, -0.15) is 13.6 Å². The van der Waals surface area contributed by atoms with Gasteiger partial charge in [-0.1, -0.05) is 18.2 Å². The molecule has 0 amide bonds. The molecular weight excluding hydrogens is 230 g/mol. The van der Waals surface area contributed by atoms with Gasteiger partial charge in [0.2, 0.25) is 0 Å². The van der Waals surface area contributed by atoms with Crippen molar-refractivity contribution in [3.8, 4) is 0 Å². The predicted octanol–water partition coefficient (Wildman–Crippen LogP) is 1.41. The summed E-state index contributed by atoms with van der Waals surface area (Å²) in [4.78, 5) is 0.755. The third-order valence-electron chi connectivity index (χ3n) is 1.98. The number of rotatable bonds is 1. The zero-order valence-electron chi connectivity index (χ0n) is 7.83. The average molecular weight is 240 g/mol. The molecule has 0 aliphatic carbocycles. The third kappa shape index (κ3) is 2.14. The molecule has 0 fully saturated rings. The first-order valence-electron chi connectivity index (χ1n) is 4.29. The van der Waals surface area contributed by atoms with Crippen LogP contribution >= 0.6 is 0 Å². The summed E-state index contributed by atoms with van der Waals surface area (Å²) in [5, 5.41) is 6.82. The van der Waals surface area contributed by atoms with Crippen LogP contribution in [-0.4, -0.2) is 8.42 Å². The molecule has 0 saturated heterocycles. The smallest absolute Gasteiger partial charge is 0.186 e. The fourth-order valence-corrected chi connectivity index (χ4v) is 4.58. The van der Waals surface area contributed by atoms with E-state index in [2.05, 4.69) is 0 Å². The highest BCUT2D eigenvalue weighted by Gasteiger charge is 2.34. The molecule has 1 aromatic rings. The van der Waals surface area contributed by atoms with Crippen molar-refractivity contribution in [3.63, 3.8) is 0 Å². The van der Waals surface area contributed by atoms with Gasteiger partial charge in [0, 0.05) is 5.56 Å². The highest BCUT2D eigenvalue weighted by Crippen LogP contribution is 2.26.